The van der Waals surface area contributed by atoms with E-state index >= 15 is 0 Å². The molecule has 3 unspecified atom stereocenters. The molecule has 2 N–H and O–H groups in total. The number of benzene rings is 1. The molecule has 1 fully saturated rings. The third-order valence-electron chi connectivity index (χ3n) is 3.60. The van der Waals surface area contributed by atoms with E-state index in [0.717, 1.165) is 12.0 Å². The standard InChI is InChI=1S/C14H21NO4S/c1-3-12(15-2)10-4-6-11(7-5-10)19-14-9-20(17,18)8-13(14)16/h4-7,12-16H,3,8-9H2,1-2H3. The van der Waals surface area contributed by atoms with Crippen LogP contribution < -0.4 is 10.1 Å². The van der Waals surface area contributed by atoms with Crippen molar-refractivity contribution < 1.29 is 18.3 Å². The van der Waals surface area contributed by atoms with Gasteiger partial charge in [-0.1, -0.05) is 19.1 Å². The summed E-state index contributed by atoms with van der Waals surface area (Å²) in [6, 6.07) is 7.83. The van der Waals surface area contributed by atoms with Crippen molar-refractivity contribution in [3.8, 4) is 5.75 Å². The Morgan fingerprint density at radius 3 is 2.45 bits per heavy atom. The summed E-state index contributed by atoms with van der Waals surface area (Å²) >= 11 is 0. The smallest absolute Gasteiger partial charge is 0.156 e. The largest absolute Gasteiger partial charge is 0.487 e. The van der Waals surface area contributed by atoms with Crippen LogP contribution in [-0.2, 0) is 9.84 Å². The Morgan fingerprint density at radius 1 is 1.35 bits per heavy atom. The van der Waals surface area contributed by atoms with Gasteiger partial charge in [-0.3, -0.25) is 0 Å². The Kier molecular flexibility index (Phi) is 4.67. The van der Waals surface area contributed by atoms with Gasteiger partial charge in [0.15, 0.2) is 9.84 Å². The fourth-order valence-electron chi connectivity index (χ4n) is 2.47. The van der Waals surface area contributed by atoms with Crippen molar-refractivity contribution in [2.75, 3.05) is 18.6 Å². The first kappa shape index (κ1) is 15.3. The zero-order chi connectivity index (χ0) is 14.8. The van der Waals surface area contributed by atoms with Crippen LogP contribution in [0.3, 0.4) is 0 Å². The zero-order valence-electron chi connectivity index (χ0n) is 11.7. The SMILES string of the molecule is CCC(NC)c1ccc(OC2CS(=O)(=O)CC2O)cc1. The lowest BCUT2D eigenvalue weighted by molar-refractivity contribution is 0.0738. The van der Waals surface area contributed by atoms with Crippen LogP contribution in [0.15, 0.2) is 24.3 Å². The van der Waals surface area contributed by atoms with E-state index in [-0.39, 0.29) is 11.5 Å². The van der Waals surface area contributed by atoms with E-state index in [2.05, 4.69) is 12.2 Å². The minimum Gasteiger partial charge on any atom is -0.487 e. The molecule has 0 aliphatic carbocycles. The zero-order valence-corrected chi connectivity index (χ0v) is 12.6. The molecule has 0 aromatic heterocycles. The second kappa shape index (κ2) is 6.11. The van der Waals surface area contributed by atoms with Gasteiger partial charge >= 0.3 is 0 Å². The van der Waals surface area contributed by atoms with Crippen molar-refractivity contribution in [3.63, 3.8) is 0 Å². The number of aliphatic hydroxyl groups excluding tert-OH is 1. The number of ether oxygens (including phenoxy) is 1. The van der Waals surface area contributed by atoms with E-state index in [1.807, 2.05) is 31.3 Å². The number of sulfone groups is 1. The fourth-order valence-corrected chi connectivity index (χ4v) is 4.13. The van der Waals surface area contributed by atoms with Gasteiger partial charge in [0.25, 0.3) is 0 Å². The summed E-state index contributed by atoms with van der Waals surface area (Å²) in [4.78, 5) is 0. The summed E-state index contributed by atoms with van der Waals surface area (Å²) in [5, 5.41) is 12.9. The minimum absolute atomic E-state index is 0.121. The predicted molar refractivity (Wildman–Crippen MR) is 77.6 cm³/mol. The molecule has 0 bridgehead atoms. The number of hydrogen-bond acceptors (Lipinski definition) is 5. The molecule has 1 aromatic carbocycles. The van der Waals surface area contributed by atoms with Crippen molar-refractivity contribution in [2.45, 2.75) is 31.6 Å². The monoisotopic (exact) mass is 299 g/mol. The van der Waals surface area contributed by atoms with Crippen LogP contribution in [0.25, 0.3) is 0 Å². The molecule has 1 aliphatic rings. The summed E-state index contributed by atoms with van der Waals surface area (Å²) in [7, 11) is -1.26. The average molecular weight is 299 g/mol. The lowest BCUT2D eigenvalue weighted by atomic mass is 10.0. The average Bonchev–Trinajstić information content (AvgIpc) is 2.66. The molecule has 0 amide bonds. The van der Waals surface area contributed by atoms with E-state index in [1.165, 1.54) is 0 Å². The number of hydrogen-bond donors (Lipinski definition) is 2. The van der Waals surface area contributed by atoms with Gasteiger partial charge in [-0.15, -0.1) is 0 Å². The van der Waals surface area contributed by atoms with E-state index in [4.69, 9.17) is 4.74 Å². The number of rotatable bonds is 5. The first-order valence-electron chi connectivity index (χ1n) is 6.77. The Bertz CT molecular complexity index is 537. The molecule has 1 aromatic rings. The molecular weight excluding hydrogens is 278 g/mol. The highest BCUT2D eigenvalue weighted by Gasteiger charge is 2.38. The molecule has 2 rings (SSSR count). The van der Waals surface area contributed by atoms with E-state index < -0.39 is 22.0 Å². The van der Waals surface area contributed by atoms with Crippen molar-refractivity contribution in [2.24, 2.45) is 0 Å². The van der Waals surface area contributed by atoms with Gasteiger partial charge in [0.1, 0.15) is 18.0 Å². The summed E-state index contributed by atoms with van der Waals surface area (Å²) in [6.45, 7) is 2.10. The highest BCUT2D eigenvalue weighted by Crippen LogP contribution is 2.23. The van der Waals surface area contributed by atoms with Crippen molar-refractivity contribution >= 4 is 9.84 Å². The Balaban J connectivity index is 2.04. The molecule has 6 heteroatoms. The molecule has 112 valence electrons. The maximum Gasteiger partial charge on any atom is 0.156 e. The normalized spacial score (nSPS) is 26.4. The molecule has 1 saturated heterocycles. The van der Waals surface area contributed by atoms with Crippen molar-refractivity contribution in [1.29, 1.82) is 0 Å². The van der Waals surface area contributed by atoms with Crippen molar-refractivity contribution in [1.82, 2.24) is 5.32 Å². The van der Waals surface area contributed by atoms with Gasteiger partial charge in [0.2, 0.25) is 0 Å². The van der Waals surface area contributed by atoms with Crippen LogP contribution in [0.5, 0.6) is 5.75 Å². The summed E-state index contributed by atoms with van der Waals surface area (Å²) in [5.74, 6) is 0.248. The van der Waals surface area contributed by atoms with Crippen LogP contribution >= 0.6 is 0 Å². The lowest BCUT2D eigenvalue weighted by Gasteiger charge is -2.18. The highest BCUT2D eigenvalue weighted by atomic mass is 32.2. The molecule has 5 nitrogen and oxygen atoms in total. The van der Waals surface area contributed by atoms with Crippen LogP contribution in [0.4, 0.5) is 0 Å². The number of nitrogens with one attached hydrogen (secondary N) is 1. The van der Waals surface area contributed by atoms with Gasteiger partial charge in [-0.25, -0.2) is 8.42 Å². The summed E-state index contributed by atoms with van der Waals surface area (Å²) < 4.78 is 28.4. The van der Waals surface area contributed by atoms with Gasteiger partial charge in [-0.2, -0.15) is 0 Å². The van der Waals surface area contributed by atoms with Crippen LogP contribution in [0, 0.1) is 0 Å². The lowest BCUT2D eigenvalue weighted by Crippen LogP contribution is -2.29. The minimum atomic E-state index is -3.18. The molecule has 1 aliphatic heterocycles. The first-order valence-corrected chi connectivity index (χ1v) is 8.59. The van der Waals surface area contributed by atoms with Crippen LogP contribution in [-0.4, -0.2) is 44.3 Å². The molecule has 0 radical (unpaired) electrons. The Labute approximate surface area is 119 Å². The summed E-state index contributed by atoms with van der Waals surface area (Å²) in [5.41, 5.74) is 1.15. The van der Waals surface area contributed by atoms with E-state index in [1.54, 1.807) is 0 Å². The molecule has 0 saturated carbocycles. The second-order valence-corrected chi connectivity index (χ2v) is 7.27. The first-order chi connectivity index (χ1) is 9.45. The van der Waals surface area contributed by atoms with Crippen LogP contribution in [0.1, 0.15) is 24.9 Å². The van der Waals surface area contributed by atoms with Crippen LogP contribution in [0.2, 0.25) is 0 Å². The molecule has 20 heavy (non-hydrogen) atoms. The molecule has 0 spiro atoms. The highest BCUT2D eigenvalue weighted by molar-refractivity contribution is 7.91. The van der Waals surface area contributed by atoms with Crippen molar-refractivity contribution in [3.05, 3.63) is 29.8 Å². The molecule has 3 atom stereocenters. The third kappa shape index (κ3) is 3.50. The summed E-state index contributed by atoms with van der Waals surface area (Å²) in [6.07, 6.45) is -0.631. The fraction of sp³-hybridized carbons (Fsp3) is 0.571. The second-order valence-electron chi connectivity index (χ2n) is 5.12. The molecule has 1 heterocycles. The van der Waals surface area contributed by atoms with Gasteiger partial charge in [0, 0.05) is 6.04 Å². The number of aliphatic hydroxyl groups is 1. The van der Waals surface area contributed by atoms with E-state index in [9.17, 15) is 13.5 Å². The third-order valence-corrected chi connectivity index (χ3v) is 5.28. The Hall–Kier alpha value is -1.11. The quantitative estimate of drug-likeness (QED) is 0.844. The topological polar surface area (TPSA) is 75.6 Å². The maximum atomic E-state index is 11.4. The van der Waals surface area contributed by atoms with Gasteiger partial charge < -0.3 is 15.2 Å². The Morgan fingerprint density at radius 2 is 2.00 bits per heavy atom. The molecular formula is C14H21NO4S. The maximum absolute atomic E-state index is 11.4. The van der Waals surface area contributed by atoms with Gasteiger partial charge in [0.05, 0.1) is 11.5 Å². The predicted octanol–water partition coefficient (Wildman–Crippen LogP) is 0.894. The van der Waals surface area contributed by atoms with Gasteiger partial charge in [-0.05, 0) is 31.2 Å². The van der Waals surface area contributed by atoms with E-state index in [0.29, 0.717) is 11.8 Å².